The number of hydrogen-bond acceptors (Lipinski definition) is 2. The first-order valence-corrected chi connectivity index (χ1v) is 6.88. The first kappa shape index (κ1) is 11.2. The molecule has 1 aromatic carbocycles. The first-order chi connectivity index (χ1) is 8.33. The Morgan fingerprint density at radius 1 is 1.00 bits per heavy atom. The van der Waals surface area contributed by atoms with E-state index in [0.29, 0.717) is 6.04 Å². The first-order valence-electron chi connectivity index (χ1n) is 6.88. The summed E-state index contributed by atoms with van der Waals surface area (Å²) in [4.78, 5) is 2.71. The van der Waals surface area contributed by atoms with Crippen molar-refractivity contribution in [3.63, 3.8) is 0 Å². The van der Waals surface area contributed by atoms with Crippen molar-refractivity contribution >= 4 is 0 Å². The fourth-order valence-corrected chi connectivity index (χ4v) is 3.50. The molecule has 2 aliphatic rings. The number of fused-ring (bicyclic) bond motifs is 2. The molecular weight excluding hydrogens is 208 g/mol. The number of nitrogens with two attached hydrogens (primary N) is 1. The minimum atomic E-state index is 0.434. The van der Waals surface area contributed by atoms with Crippen LogP contribution in [0, 0.1) is 0 Å². The molecule has 3 atom stereocenters. The van der Waals surface area contributed by atoms with Crippen molar-refractivity contribution in [1.29, 1.82) is 0 Å². The molecule has 1 aromatic rings. The van der Waals surface area contributed by atoms with E-state index in [9.17, 15) is 0 Å². The predicted octanol–water partition coefficient (Wildman–Crippen LogP) is 2.53. The quantitative estimate of drug-likeness (QED) is 0.846. The van der Waals surface area contributed by atoms with Gasteiger partial charge in [0.05, 0.1) is 0 Å². The van der Waals surface area contributed by atoms with Gasteiger partial charge in [0.25, 0.3) is 0 Å². The normalized spacial score (nSPS) is 33.6. The maximum absolute atomic E-state index is 6.15. The molecule has 0 radical (unpaired) electrons. The number of benzene rings is 1. The lowest BCUT2D eigenvalue weighted by Crippen LogP contribution is -2.35. The minimum absolute atomic E-state index is 0.434. The monoisotopic (exact) mass is 230 g/mol. The average molecular weight is 230 g/mol. The van der Waals surface area contributed by atoms with Gasteiger partial charge in [-0.15, -0.1) is 0 Å². The third-order valence-corrected chi connectivity index (χ3v) is 4.42. The van der Waals surface area contributed by atoms with Gasteiger partial charge in [0, 0.05) is 24.7 Å². The molecule has 2 nitrogen and oxygen atoms in total. The zero-order chi connectivity index (χ0) is 11.7. The van der Waals surface area contributed by atoms with Crippen molar-refractivity contribution in [3.05, 3.63) is 35.9 Å². The third kappa shape index (κ3) is 2.38. The Morgan fingerprint density at radius 3 is 2.53 bits per heavy atom. The fourth-order valence-electron chi connectivity index (χ4n) is 3.50. The highest BCUT2D eigenvalue weighted by atomic mass is 15.2. The molecule has 3 rings (SSSR count). The molecule has 2 heterocycles. The lowest BCUT2D eigenvalue weighted by molar-refractivity contribution is 0.184. The summed E-state index contributed by atoms with van der Waals surface area (Å²) in [6, 6.07) is 12.8. The predicted molar refractivity (Wildman–Crippen MR) is 70.6 cm³/mol. The molecule has 0 unspecified atom stereocenters. The largest absolute Gasteiger partial charge is 0.328 e. The van der Waals surface area contributed by atoms with Crippen molar-refractivity contribution in [2.24, 2.45) is 5.73 Å². The van der Waals surface area contributed by atoms with Crippen molar-refractivity contribution < 1.29 is 0 Å². The second-order valence-electron chi connectivity index (χ2n) is 5.62. The SMILES string of the molecule is N[C@H]1CC[C@H]2CC[C@H](C1)N2Cc1ccccc1. The Kier molecular flexibility index (Phi) is 3.17. The van der Waals surface area contributed by atoms with Crippen LogP contribution in [0.15, 0.2) is 30.3 Å². The smallest absolute Gasteiger partial charge is 0.0239 e. The van der Waals surface area contributed by atoms with E-state index in [0.717, 1.165) is 18.6 Å². The summed E-state index contributed by atoms with van der Waals surface area (Å²) in [5, 5.41) is 0. The minimum Gasteiger partial charge on any atom is -0.328 e. The molecule has 2 saturated heterocycles. The molecule has 2 aliphatic heterocycles. The van der Waals surface area contributed by atoms with E-state index in [1.165, 1.54) is 37.7 Å². The number of rotatable bonds is 2. The molecule has 0 spiro atoms. The van der Waals surface area contributed by atoms with Crippen LogP contribution in [0.3, 0.4) is 0 Å². The Hall–Kier alpha value is -0.860. The fraction of sp³-hybridized carbons (Fsp3) is 0.600. The summed E-state index contributed by atoms with van der Waals surface area (Å²) in [5.41, 5.74) is 7.59. The molecular formula is C15H22N2. The van der Waals surface area contributed by atoms with Crippen molar-refractivity contribution in [1.82, 2.24) is 4.90 Å². The molecule has 0 aliphatic carbocycles. The summed E-state index contributed by atoms with van der Waals surface area (Å²) in [7, 11) is 0. The van der Waals surface area contributed by atoms with E-state index in [2.05, 4.69) is 35.2 Å². The van der Waals surface area contributed by atoms with Gasteiger partial charge in [-0.3, -0.25) is 4.90 Å². The molecule has 0 amide bonds. The van der Waals surface area contributed by atoms with Crippen LogP contribution in [0.4, 0.5) is 0 Å². The van der Waals surface area contributed by atoms with Crippen molar-refractivity contribution in [2.45, 2.75) is 56.8 Å². The van der Waals surface area contributed by atoms with Gasteiger partial charge in [-0.1, -0.05) is 30.3 Å². The van der Waals surface area contributed by atoms with Crippen molar-refractivity contribution in [2.75, 3.05) is 0 Å². The second-order valence-corrected chi connectivity index (χ2v) is 5.62. The Labute approximate surface area is 104 Å². The summed E-state index contributed by atoms with van der Waals surface area (Å²) in [6.45, 7) is 1.11. The maximum Gasteiger partial charge on any atom is 0.0239 e. The highest BCUT2D eigenvalue weighted by molar-refractivity contribution is 5.15. The Balaban J connectivity index is 1.74. The van der Waals surface area contributed by atoms with Crippen LogP contribution in [-0.4, -0.2) is 23.0 Å². The van der Waals surface area contributed by atoms with E-state index in [1.807, 2.05) is 0 Å². The van der Waals surface area contributed by atoms with E-state index in [-0.39, 0.29) is 0 Å². The van der Waals surface area contributed by atoms with E-state index in [4.69, 9.17) is 5.73 Å². The topological polar surface area (TPSA) is 29.3 Å². The summed E-state index contributed by atoms with van der Waals surface area (Å²) >= 11 is 0. The molecule has 0 saturated carbocycles. The van der Waals surface area contributed by atoms with Gasteiger partial charge in [-0.05, 0) is 37.7 Å². The maximum atomic E-state index is 6.15. The zero-order valence-corrected chi connectivity index (χ0v) is 10.4. The molecule has 17 heavy (non-hydrogen) atoms. The van der Waals surface area contributed by atoms with Gasteiger partial charge in [0.15, 0.2) is 0 Å². The van der Waals surface area contributed by atoms with Gasteiger partial charge in [-0.25, -0.2) is 0 Å². The standard InChI is InChI=1S/C15H22N2/c16-13-6-7-14-8-9-15(10-13)17(14)11-12-4-2-1-3-5-12/h1-5,13-15H,6-11,16H2/t13-,14-,15+/m0/s1. The lowest BCUT2D eigenvalue weighted by Gasteiger charge is -2.28. The Bertz CT molecular complexity index is 362. The summed E-state index contributed by atoms with van der Waals surface area (Å²) in [5.74, 6) is 0. The second kappa shape index (κ2) is 4.79. The van der Waals surface area contributed by atoms with E-state index in [1.54, 1.807) is 0 Å². The van der Waals surface area contributed by atoms with E-state index < -0.39 is 0 Å². The van der Waals surface area contributed by atoms with Crippen molar-refractivity contribution in [3.8, 4) is 0 Å². The summed E-state index contributed by atoms with van der Waals surface area (Å²) < 4.78 is 0. The highest BCUT2D eigenvalue weighted by Crippen LogP contribution is 2.34. The van der Waals surface area contributed by atoms with Gasteiger partial charge in [0.1, 0.15) is 0 Å². The van der Waals surface area contributed by atoms with Crippen LogP contribution in [0.2, 0.25) is 0 Å². The van der Waals surface area contributed by atoms with Crippen LogP contribution in [0.1, 0.15) is 37.7 Å². The van der Waals surface area contributed by atoms with Crippen LogP contribution >= 0.6 is 0 Å². The molecule has 2 fully saturated rings. The highest BCUT2D eigenvalue weighted by Gasteiger charge is 2.36. The number of hydrogen-bond donors (Lipinski definition) is 1. The summed E-state index contributed by atoms with van der Waals surface area (Å²) in [6.07, 6.45) is 6.44. The molecule has 2 heteroatoms. The molecule has 2 N–H and O–H groups in total. The van der Waals surface area contributed by atoms with Gasteiger partial charge in [0.2, 0.25) is 0 Å². The van der Waals surface area contributed by atoms with Crippen LogP contribution in [0.5, 0.6) is 0 Å². The lowest BCUT2D eigenvalue weighted by atomic mass is 9.98. The molecule has 2 bridgehead atoms. The van der Waals surface area contributed by atoms with Crippen LogP contribution < -0.4 is 5.73 Å². The van der Waals surface area contributed by atoms with Crippen LogP contribution in [-0.2, 0) is 6.54 Å². The zero-order valence-electron chi connectivity index (χ0n) is 10.4. The van der Waals surface area contributed by atoms with Gasteiger partial charge >= 0.3 is 0 Å². The third-order valence-electron chi connectivity index (χ3n) is 4.42. The molecule has 0 aromatic heterocycles. The number of nitrogens with zero attached hydrogens (tertiary/aromatic N) is 1. The van der Waals surface area contributed by atoms with E-state index >= 15 is 0 Å². The van der Waals surface area contributed by atoms with Gasteiger partial charge < -0.3 is 5.73 Å². The Morgan fingerprint density at radius 2 is 1.71 bits per heavy atom. The van der Waals surface area contributed by atoms with Gasteiger partial charge in [-0.2, -0.15) is 0 Å². The molecule has 92 valence electrons. The average Bonchev–Trinajstić information content (AvgIpc) is 2.62. The van der Waals surface area contributed by atoms with Crippen LogP contribution in [0.25, 0.3) is 0 Å².